The lowest BCUT2D eigenvalue weighted by atomic mass is 10.1. The van der Waals surface area contributed by atoms with Crippen LogP contribution in [0.3, 0.4) is 0 Å². The Morgan fingerprint density at radius 3 is 2.60 bits per heavy atom. The molecule has 0 aromatic heterocycles. The second-order valence-electron chi connectivity index (χ2n) is 5.40. The molecule has 0 amide bonds. The summed E-state index contributed by atoms with van der Waals surface area (Å²) < 4.78 is 5.71. The molecule has 1 saturated carbocycles. The third-order valence-electron chi connectivity index (χ3n) is 3.62. The fourth-order valence-electron chi connectivity index (χ4n) is 2.21. The number of likely N-dealkylation sites (N-methyl/N-ethyl adjacent to an activating group) is 1. The van der Waals surface area contributed by atoms with Gasteiger partial charge in [0.25, 0.3) is 0 Å². The van der Waals surface area contributed by atoms with Crippen LogP contribution in [-0.2, 0) is 11.2 Å². The van der Waals surface area contributed by atoms with Crippen LogP contribution in [0.25, 0.3) is 0 Å². The van der Waals surface area contributed by atoms with Crippen molar-refractivity contribution in [3.63, 3.8) is 0 Å². The van der Waals surface area contributed by atoms with E-state index in [9.17, 15) is 4.79 Å². The zero-order valence-corrected chi connectivity index (χ0v) is 12.0. The zero-order valence-electron chi connectivity index (χ0n) is 12.0. The van der Waals surface area contributed by atoms with E-state index in [4.69, 9.17) is 9.84 Å². The minimum Gasteiger partial charge on any atom is -0.492 e. The molecule has 1 aromatic carbocycles. The quantitative estimate of drug-likeness (QED) is 0.753. The van der Waals surface area contributed by atoms with Gasteiger partial charge in [-0.3, -0.25) is 9.69 Å². The standard InChI is InChI=1S/C16H23NO3/c1-2-17(12-14-3-4-14)9-10-20-15-7-5-13(6-8-15)11-16(18)19/h5-8,14H,2-4,9-12H2,1H3,(H,18,19). The highest BCUT2D eigenvalue weighted by Crippen LogP contribution is 2.29. The van der Waals surface area contributed by atoms with Gasteiger partial charge in [-0.2, -0.15) is 0 Å². The van der Waals surface area contributed by atoms with Crippen molar-refractivity contribution in [3.8, 4) is 5.75 Å². The summed E-state index contributed by atoms with van der Waals surface area (Å²) in [5.74, 6) is 0.907. The van der Waals surface area contributed by atoms with Crippen molar-refractivity contribution in [2.45, 2.75) is 26.2 Å². The van der Waals surface area contributed by atoms with Crippen LogP contribution in [0.4, 0.5) is 0 Å². The molecule has 1 N–H and O–H groups in total. The first kappa shape index (κ1) is 14.9. The van der Waals surface area contributed by atoms with Crippen molar-refractivity contribution in [2.75, 3.05) is 26.2 Å². The van der Waals surface area contributed by atoms with Gasteiger partial charge in [0, 0.05) is 13.1 Å². The summed E-state index contributed by atoms with van der Waals surface area (Å²) in [6.07, 6.45) is 2.82. The van der Waals surface area contributed by atoms with Crippen LogP contribution in [0.2, 0.25) is 0 Å². The van der Waals surface area contributed by atoms with Crippen LogP contribution in [0, 0.1) is 5.92 Å². The Morgan fingerprint density at radius 2 is 2.05 bits per heavy atom. The van der Waals surface area contributed by atoms with Crippen molar-refractivity contribution in [1.29, 1.82) is 0 Å². The van der Waals surface area contributed by atoms with E-state index < -0.39 is 5.97 Å². The Balaban J connectivity index is 1.71. The molecule has 4 heteroatoms. The number of hydrogen-bond acceptors (Lipinski definition) is 3. The number of carboxylic acid groups (broad SMARTS) is 1. The molecule has 0 radical (unpaired) electrons. The Hall–Kier alpha value is -1.55. The van der Waals surface area contributed by atoms with Gasteiger partial charge in [-0.25, -0.2) is 0 Å². The molecule has 1 aliphatic rings. The number of aliphatic carboxylic acids is 1. The van der Waals surface area contributed by atoms with Crippen molar-refractivity contribution in [3.05, 3.63) is 29.8 Å². The monoisotopic (exact) mass is 277 g/mol. The van der Waals surface area contributed by atoms with E-state index in [0.29, 0.717) is 6.61 Å². The smallest absolute Gasteiger partial charge is 0.307 e. The predicted octanol–water partition coefficient (Wildman–Crippen LogP) is 2.42. The van der Waals surface area contributed by atoms with E-state index in [1.54, 1.807) is 0 Å². The van der Waals surface area contributed by atoms with Gasteiger partial charge < -0.3 is 9.84 Å². The fraction of sp³-hybridized carbons (Fsp3) is 0.562. The van der Waals surface area contributed by atoms with Crippen molar-refractivity contribution >= 4 is 5.97 Å². The molecule has 0 heterocycles. The van der Waals surface area contributed by atoms with Crippen LogP contribution in [0.1, 0.15) is 25.3 Å². The van der Waals surface area contributed by atoms with Gasteiger partial charge in [0.15, 0.2) is 0 Å². The normalized spacial score (nSPS) is 14.5. The molecule has 4 nitrogen and oxygen atoms in total. The molecule has 0 bridgehead atoms. The molecule has 2 rings (SSSR count). The molecule has 1 aromatic rings. The van der Waals surface area contributed by atoms with Crippen LogP contribution >= 0.6 is 0 Å². The largest absolute Gasteiger partial charge is 0.492 e. The highest BCUT2D eigenvalue weighted by atomic mass is 16.5. The Labute approximate surface area is 120 Å². The minimum absolute atomic E-state index is 0.0608. The van der Waals surface area contributed by atoms with Crippen molar-refractivity contribution < 1.29 is 14.6 Å². The molecule has 0 saturated heterocycles. The number of nitrogens with zero attached hydrogens (tertiary/aromatic N) is 1. The topological polar surface area (TPSA) is 49.8 Å². The summed E-state index contributed by atoms with van der Waals surface area (Å²) in [4.78, 5) is 13.0. The summed E-state index contributed by atoms with van der Waals surface area (Å²) in [5, 5.41) is 8.71. The van der Waals surface area contributed by atoms with E-state index >= 15 is 0 Å². The van der Waals surface area contributed by atoms with Gasteiger partial charge in [-0.05, 0) is 43.0 Å². The van der Waals surface area contributed by atoms with Crippen LogP contribution < -0.4 is 4.74 Å². The molecule has 0 aliphatic heterocycles. The van der Waals surface area contributed by atoms with Crippen LogP contribution in [0.15, 0.2) is 24.3 Å². The molecule has 0 unspecified atom stereocenters. The maximum Gasteiger partial charge on any atom is 0.307 e. The SMILES string of the molecule is CCN(CCOc1ccc(CC(=O)O)cc1)CC1CC1. The third kappa shape index (κ3) is 5.21. The Bertz CT molecular complexity index is 426. The molecule has 110 valence electrons. The third-order valence-corrected chi connectivity index (χ3v) is 3.62. The fourth-order valence-corrected chi connectivity index (χ4v) is 2.21. The van der Waals surface area contributed by atoms with E-state index in [2.05, 4.69) is 11.8 Å². The van der Waals surface area contributed by atoms with Gasteiger partial charge in [0.2, 0.25) is 0 Å². The second-order valence-corrected chi connectivity index (χ2v) is 5.40. The molecular weight excluding hydrogens is 254 g/mol. The second kappa shape index (κ2) is 7.29. The lowest BCUT2D eigenvalue weighted by molar-refractivity contribution is -0.136. The summed E-state index contributed by atoms with van der Waals surface area (Å²) in [6.45, 7) is 6.07. The first-order valence-electron chi connectivity index (χ1n) is 7.33. The van der Waals surface area contributed by atoms with Crippen LogP contribution in [-0.4, -0.2) is 42.2 Å². The summed E-state index contributed by atoms with van der Waals surface area (Å²) in [7, 11) is 0. The van der Waals surface area contributed by atoms with Gasteiger partial charge in [-0.15, -0.1) is 0 Å². The molecular formula is C16H23NO3. The average molecular weight is 277 g/mol. The van der Waals surface area contributed by atoms with E-state index in [1.165, 1.54) is 19.4 Å². The first-order valence-corrected chi connectivity index (χ1v) is 7.33. The predicted molar refractivity (Wildman–Crippen MR) is 78.1 cm³/mol. The molecule has 0 atom stereocenters. The molecule has 0 spiro atoms. The highest BCUT2D eigenvalue weighted by molar-refractivity contribution is 5.70. The molecule has 1 fully saturated rings. The Kier molecular flexibility index (Phi) is 5.41. The van der Waals surface area contributed by atoms with Gasteiger partial charge in [0.1, 0.15) is 12.4 Å². The summed E-state index contributed by atoms with van der Waals surface area (Å²) in [6, 6.07) is 7.31. The van der Waals surface area contributed by atoms with E-state index in [0.717, 1.165) is 30.3 Å². The number of ether oxygens (including phenoxy) is 1. The zero-order chi connectivity index (χ0) is 14.4. The average Bonchev–Trinajstić information content (AvgIpc) is 3.23. The number of carbonyl (C=O) groups is 1. The van der Waals surface area contributed by atoms with Crippen LogP contribution in [0.5, 0.6) is 5.75 Å². The number of benzene rings is 1. The molecule has 1 aliphatic carbocycles. The number of rotatable bonds is 9. The Morgan fingerprint density at radius 1 is 1.35 bits per heavy atom. The maximum atomic E-state index is 10.6. The maximum absolute atomic E-state index is 10.6. The van der Waals surface area contributed by atoms with Gasteiger partial charge >= 0.3 is 5.97 Å². The van der Waals surface area contributed by atoms with E-state index in [1.807, 2.05) is 24.3 Å². The lowest BCUT2D eigenvalue weighted by Crippen LogP contribution is -2.30. The van der Waals surface area contributed by atoms with Gasteiger partial charge in [-0.1, -0.05) is 19.1 Å². The summed E-state index contributed by atoms with van der Waals surface area (Å²) in [5.41, 5.74) is 0.800. The molecule has 20 heavy (non-hydrogen) atoms. The van der Waals surface area contributed by atoms with Gasteiger partial charge in [0.05, 0.1) is 6.42 Å². The summed E-state index contributed by atoms with van der Waals surface area (Å²) >= 11 is 0. The first-order chi connectivity index (χ1) is 9.67. The number of carboxylic acids is 1. The minimum atomic E-state index is -0.808. The van der Waals surface area contributed by atoms with Crippen molar-refractivity contribution in [2.24, 2.45) is 5.92 Å². The van der Waals surface area contributed by atoms with E-state index in [-0.39, 0.29) is 6.42 Å². The lowest BCUT2D eigenvalue weighted by Gasteiger charge is -2.20. The number of hydrogen-bond donors (Lipinski definition) is 1. The highest BCUT2D eigenvalue weighted by Gasteiger charge is 2.23. The van der Waals surface area contributed by atoms with Crippen molar-refractivity contribution in [1.82, 2.24) is 4.90 Å².